The van der Waals surface area contributed by atoms with Gasteiger partial charge in [0, 0.05) is 22.3 Å². The van der Waals surface area contributed by atoms with Crippen molar-refractivity contribution in [2.45, 2.75) is 12.3 Å². The molecule has 0 fully saturated rings. The number of aryl methyl sites for hydroxylation is 1. The van der Waals surface area contributed by atoms with Crippen LogP contribution in [0.4, 0.5) is 11.4 Å². The van der Waals surface area contributed by atoms with Crippen LogP contribution in [0.2, 0.25) is 0 Å². The minimum Gasteiger partial charge on any atom is -0.497 e. The lowest BCUT2D eigenvalue weighted by Gasteiger charge is -2.34. The number of fused-ring (bicyclic) bond motifs is 5. The Balaban J connectivity index is 0.990. The summed E-state index contributed by atoms with van der Waals surface area (Å²) in [5.74, 6) is 2.34. The predicted octanol–water partition coefficient (Wildman–Crippen LogP) is 12.8. The molecule has 0 aromatic heterocycles. The highest BCUT2D eigenvalue weighted by molar-refractivity contribution is 6.22. The normalized spacial score (nSPS) is 13.4. The highest BCUT2D eigenvalue weighted by Crippen LogP contribution is 2.56. The molecule has 1 aliphatic heterocycles. The summed E-state index contributed by atoms with van der Waals surface area (Å²) in [6.07, 6.45) is 0. The Kier molecular flexibility index (Phi) is 8.45. The number of nitrogens with zero attached hydrogens (tertiary/aromatic N) is 2. The number of methoxy groups -OCH3 is 1. The van der Waals surface area contributed by atoms with Crippen LogP contribution in [0.1, 0.15) is 50.1 Å². The third kappa shape index (κ3) is 5.85. The van der Waals surface area contributed by atoms with Gasteiger partial charge in [0.1, 0.15) is 17.2 Å². The van der Waals surface area contributed by atoms with Gasteiger partial charge in [0.05, 0.1) is 35.3 Å². The third-order valence-corrected chi connectivity index (χ3v) is 11.2. The minimum atomic E-state index is -0.502. The summed E-state index contributed by atoms with van der Waals surface area (Å²) in [5.41, 5.74) is 15.6. The summed E-state index contributed by atoms with van der Waals surface area (Å²) in [7, 11) is 1.71. The van der Waals surface area contributed by atoms with Gasteiger partial charge in [-0.25, -0.2) is 9.98 Å². The lowest BCUT2D eigenvalue weighted by atomic mass is 9.68. The van der Waals surface area contributed by atoms with Crippen molar-refractivity contribution in [2.24, 2.45) is 9.98 Å². The van der Waals surface area contributed by atoms with Gasteiger partial charge in [0.15, 0.2) is 0 Å². The van der Waals surface area contributed by atoms with E-state index in [0.29, 0.717) is 0 Å². The summed E-state index contributed by atoms with van der Waals surface area (Å²) in [6.45, 7) is 2.10. The molecule has 0 amide bonds. The van der Waals surface area contributed by atoms with Gasteiger partial charge in [-0.15, -0.1) is 0 Å². The molecular formula is C53H38N2O2. The van der Waals surface area contributed by atoms with Crippen molar-refractivity contribution in [1.82, 2.24) is 0 Å². The molecule has 10 rings (SSSR count). The molecule has 0 unspecified atom stereocenters. The highest BCUT2D eigenvalue weighted by atomic mass is 16.5. The van der Waals surface area contributed by atoms with Gasteiger partial charge in [-0.1, -0.05) is 139 Å². The first-order chi connectivity index (χ1) is 28.1. The second-order valence-corrected chi connectivity index (χ2v) is 14.5. The van der Waals surface area contributed by atoms with Crippen molar-refractivity contribution < 1.29 is 9.47 Å². The van der Waals surface area contributed by atoms with Crippen molar-refractivity contribution in [2.75, 3.05) is 7.11 Å². The van der Waals surface area contributed by atoms with Crippen molar-refractivity contribution in [3.63, 3.8) is 0 Å². The molecule has 0 bridgehead atoms. The minimum absolute atomic E-state index is 0.502. The maximum absolute atomic E-state index is 6.51. The van der Waals surface area contributed by atoms with E-state index in [1.54, 1.807) is 7.11 Å². The maximum Gasteiger partial charge on any atom is 0.127 e. The van der Waals surface area contributed by atoms with Crippen LogP contribution in [0.5, 0.6) is 17.2 Å². The third-order valence-electron chi connectivity index (χ3n) is 11.2. The van der Waals surface area contributed by atoms with Crippen LogP contribution in [0, 0.1) is 6.92 Å². The molecule has 0 saturated heterocycles. The van der Waals surface area contributed by atoms with Crippen LogP contribution in [-0.4, -0.2) is 18.5 Å². The number of benzene rings is 8. The topological polar surface area (TPSA) is 43.2 Å². The number of hydrogen-bond donors (Lipinski definition) is 0. The largest absolute Gasteiger partial charge is 0.497 e. The van der Waals surface area contributed by atoms with Gasteiger partial charge in [-0.2, -0.15) is 0 Å². The fraction of sp³-hybridized carbons (Fsp3) is 0.0566. The first-order valence-corrected chi connectivity index (χ1v) is 19.3. The van der Waals surface area contributed by atoms with E-state index in [2.05, 4.69) is 165 Å². The fourth-order valence-corrected chi connectivity index (χ4v) is 8.51. The number of hydrogen-bond acceptors (Lipinski definition) is 4. The monoisotopic (exact) mass is 734 g/mol. The van der Waals surface area contributed by atoms with E-state index < -0.39 is 5.41 Å². The molecule has 0 N–H and O–H groups in total. The van der Waals surface area contributed by atoms with Crippen LogP contribution in [0.3, 0.4) is 0 Å². The smallest absolute Gasteiger partial charge is 0.127 e. The van der Waals surface area contributed by atoms with Gasteiger partial charge in [-0.3, -0.25) is 0 Å². The van der Waals surface area contributed by atoms with Crippen LogP contribution in [0.15, 0.2) is 204 Å². The van der Waals surface area contributed by atoms with Gasteiger partial charge in [-0.05, 0) is 101 Å². The van der Waals surface area contributed by atoms with Crippen LogP contribution < -0.4 is 9.47 Å². The van der Waals surface area contributed by atoms with E-state index in [9.17, 15) is 0 Å². The SMILES string of the molecule is COc1ccc(C2(c3ccc(Oc4ccc(C5=Nc6ccccc6C(c6ccc(C)cc6)=Nc6ccccc65)cc4)cc3)c3ccccc3-c3ccccc32)cc1. The zero-order chi connectivity index (χ0) is 38.3. The Morgan fingerprint density at radius 3 is 1.25 bits per heavy atom. The van der Waals surface area contributed by atoms with E-state index in [-0.39, 0.29) is 0 Å². The van der Waals surface area contributed by atoms with Gasteiger partial charge in [0.25, 0.3) is 0 Å². The zero-order valence-electron chi connectivity index (χ0n) is 31.7. The van der Waals surface area contributed by atoms with Crippen molar-refractivity contribution in [3.05, 3.63) is 244 Å². The van der Waals surface area contributed by atoms with Crippen molar-refractivity contribution in [3.8, 4) is 28.4 Å². The standard InChI is InChI=1S/C53H38N2O2/c1-35-19-21-36(22-20-35)51-45-13-5-9-17-49(45)55-52(46-14-6-10-18-50(46)54-51)37-23-29-41(30-24-37)57-42-33-27-39(28-34-42)53(38-25-31-40(56-2)32-26-38)47-15-7-3-11-43(47)44-12-4-8-16-48(44)53/h3-34H,1-2H3. The second kappa shape index (κ2) is 14.1. The molecule has 0 radical (unpaired) electrons. The average Bonchev–Trinajstić information content (AvgIpc) is 3.56. The molecule has 0 atom stereocenters. The van der Waals surface area contributed by atoms with Crippen LogP contribution in [0.25, 0.3) is 11.1 Å². The molecule has 2 aliphatic rings. The lowest BCUT2D eigenvalue weighted by molar-refractivity contribution is 0.414. The molecule has 8 aromatic rings. The van der Waals surface area contributed by atoms with Crippen molar-refractivity contribution in [1.29, 1.82) is 0 Å². The molecule has 1 heterocycles. The first-order valence-electron chi connectivity index (χ1n) is 19.3. The number of ether oxygens (including phenoxy) is 2. The molecule has 4 heteroatoms. The summed E-state index contributed by atoms with van der Waals surface area (Å²) in [4.78, 5) is 10.6. The Morgan fingerprint density at radius 1 is 0.386 bits per heavy atom. The number of aliphatic imine (C=N–C) groups is 2. The molecule has 8 aromatic carbocycles. The molecule has 272 valence electrons. The average molecular weight is 735 g/mol. The van der Waals surface area contributed by atoms with E-state index in [1.807, 2.05) is 36.4 Å². The Hall–Kier alpha value is -7.30. The summed E-state index contributed by atoms with van der Waals surface area (Å²) in [5, 5.41) is 0. The molecule has 1 aliphatic carbocycles. The van der Waals surface area contributed by atoms with E-state index in [4.69, 9.17) is 19.5 Å². The molecule has 4 nitrogen and oxygen atoms in total. The Morgan fingerprint density at radius 2 is 0.772 bits per heavy atom. The summed E-state index contributed by atoms with van der Waals surface area (Å²) >= 11 is 0. The Labute approximate surface area is 333 Å². The maximum atomic E-state index is 6.51. The molecular weight excluding hydrogens is 697 g/mol. The van der Waals surface area contributed by atoms with Gasteiger partial charge in [0.2, 0.25) is 0 Å². The summed E-state index contributed by atoms with van der Waals surface area (Å²) in [6, 6.07) is 67.8. The van der Waals surface area contributed by atoms with E-state index >= 15 is 0 Å². The van der Waals surface area contributed by atoms with E-state index in [0.717, 1.165) is 62.3 Å². The summed E-state index contributed by atoms with van der Waals surface area (Å²) < 4.78 is 12.1. The molecule has 57 heavy (non-hydrogen) atoms. The van der Waals surface area contributed by atoms with Gasteiger partial charge >= 0.3 is 0 Å². The highest BCUT2D eigenvalue weighted by Gasteiger charge is 2.45. The van der Waals surface area contributed by atoms with Crippen LogP contribution >= 0.6 is 0 Å². The van der Waals surface area contributed by atoms with E-state index in [1.165, 1.54) is 38.9 Å². The molecule has 0 saturated carbocycles. The quantitative estimate of drug-likeness (QED) is 0.164. The van der Waals surface area contributed by atoms with Crippen LogP contribution in [-0.2, 0) is 5.41 Å². The second-order valence-electron chi connectivity index (χ2n) is 14.5. The van der Waals surface area contributed by atoms with Gasteiger partial charge < -0.3 is 9.47 Å². The number of rotatable bonds is 7. The predicted molar refractivity (Wildman–Crippen MR) is 231 cm³/mol. The molecule has 0 spiro atoms. The van der Waals surface area contributed by atoms with Crippen molar-refractivity contribution >= 4 is 22.8 Å². The number of para-hydroxylation sites is 2. The fourth-order valence-electron chi connectivity index (χ4n) is 8.51. The lowest BCUT2D eigenvalue weighted by Crippen LogP contribution is -2.28. The first kappa shape index (κ1) is 34.2. The zero-order valence-corrected chi connectivity index (χ0v) is 31.7. The Bertz CT molecular complexity index is 2790.